The molecule has 0 rings (SSSR count). The van der Waals surface area contributed by atoms with Gasteiger partial charge in [0.1, 0.15) is 6.29 Å². The average Bonchev–Trinajstić information content (AvgIpc) is 2.16. The van der Waals surface area contributed by atoms with Gasteiger partial charge in [-0.15, -0.1) is 0 Å². The molecule has 0 radical (unpaired) electrons. The zero-order valence-electron chi connectivity index (χ0n) is 9.22. The van der Waals surface area contributed by atoms with E-state index in [-0.39, 0.29) is 19.0 Å². The SMILES string of the molecule is CCOP(=O)(CCC(O)CC=O)OCC. The zero-order valence-corrected chi connectivity index (χ0v) is 10.1. The predicted octanol–water partition coefficient (Wildman–Crippen LogP) is 1.59. The van der Waals surface area contributed by atoms with Gasteiger partial charge in [-0.3, -0.25) is 4.57 Å². The van der Waals surface area contributed by atoms with Gasteiger partial charge >= 0.3 is 7.60 Å². The Bertz CT molecular complexity index is 209. The van der Waals surface area contributed by atoms with Crippen molar-refractivity contribution in [2.75, 3.05) is 19.4 Å². The normalized spacial score (nSPS) is 13.8. The van der Waals surface area contributed by atoms with Crippen molar-refractivity contribution in [3.63, 3.8) is 0 Å². The summed E-state index contributed by atoms with van der Waals surface area (Å²) in [5.74, 6) is 0. The quantitative estimate of drug-likeness (QED) is 0.487. The van der Waals surface area contributed by atoms with E-state index < -0.39 is 13.7 Å². The van der Waals surface area contributed by atoms with Gasteiger partial charge in [-0.25, -0.2) is 0 Å². The second-order valence-electron chi connectivity index (χ2n) is 3.01. The van der Waals surface area contributed by atoms with Crippen LogP contribution >= 0.6 is 7.60 Å². The molecule has 1 atom stereocenters. The van der Waals surface area contributed by atoms with E-state index in [1.807, 2.05) is 0 Å². The van der Waals surface area contributed by atoms with Gasteiger partial charge in [-0.2, -0.15) is 0 Å². The summed E-state index contributed by atoms with van der Waals surface area (Å²) < 4.78 is 21.9. The van der Waals surface area contributed by atoms with Crippen LogP contribution in [0.2, 0.25) is 0 Å². The molecule has 0 aliphatic rings. The van der Waals surface area contributed by atoms with Crippen LogP contribution in [0.5, 0.6) is 0 Å². The molecule has 6 heteroatoms. The Morgan fingerprint density at radius 2 is 1.87 bits per heavy atom. The highest BCUT2D eigenvalue weighted by Crippen LogP contribution is 2.48. The van der Waals surface area contributed by atoms with Crippen LogP contribution in [0.25, 0.3) is 0 Å². The minimum absolute atomic E-state index is 0.0538. The number of carbonyl (C=O) groups is 1. The smallest absolute Gasteiger partial charge is 0.330 e. The first-order chi connectivity index (χ1) is 7.08. The summed E-state index contributed by atoms with van der Waals surface area (Å²) in [7, 11) is -3.07. The number of carbonyl (C=O) groups excluding carboxylic acids is 1. The van der Waals surface area contributed by atoms with E-state index in [4.69, 9.17) is 9.05 Å². The molecule has 0 aliphatic carbocycles. The van der Waals surface area contributed by atoms with Gasteiger partial charge in [0.05, 0.1) is 25.5 Å². The molecule has 0 fully saturated rings. The molecule has 1 N–H and O–H groups in total. The van der Waals surface area contributed by atoms with Crippen molar-refractivity contribution in [1.82, 2.24) is 0 Å². The summed E-state index contributed by atoms with van der Waals surface area (Å²) in [6.07, 6.45) is 0.311. The van der Waals surface area contributed by atoms with E-state index in [1.54, 1.807) is 13.8 Å². The molecule has 0 heterocycles. The van der Waals surface area contributed by atoms with E-state index in [1.165, 1.54) is 0 Å². The van der Waals surface area contributed by atoms with Gasteiger partial charge in [-0.05, 0) is 20.3 Å². The van der Waals surface area contributed by atoms with Gasteiger partial charge in [-0.1, -0.05) is 0 Å². The summed E-state index contributed by atoms with van der Waals surface area (Å²) in [6, 6.07) is 0. The van der Waals surface area contributed by atoms with Crippen LogP contribution in [0, 0.1) is 0 Å². The number of aliphatic hydroxyl groups excluding tert-OH is 1. The molecule has 90 valence electrons. The zero-order chi connectivity index (χ0) is 11.7. The maximum atomic E-state index is 11.9. The maximum Gasteiger partial charge on any atom is 0.330 e. The van der Waals surface area contributed by atoms with Crippen molar-refractivity contribution < 1.29 is 23.5 Å². The molecule has 0 aromatic heterocycles. The van der Waals surface area contributed by atoms with Crippen molar-refractivity contribution in [2.24, 2.45) is 0 Å². The van der Waals surface area contributed by atoms with Crippen LogP contribution in [-0.4, -0.2) is 36.9 Å². The summed E-state index contributed by atoms with van der Waals surface area (Å²) in [5, 5.41) is 9.29. The number of rotatable bonds is 9. The first-order valence-electron chi connectivity index (χ1n) is 5.07. The monoisotopic (exact) mass is 238 g/mol. The van der Waals surface area contributed by atoms with Crippen molar-refractivity contribution >= 4 is 13.9 Å². The van der Waals surface area contributed by atoms with Crippen molar-refractivity contribution in [3.8, 4) is 0 Å². The minimum Gasteiger partial charge on any atom is -0.393 e. The Morgan fingerprint density at radius 3 is 2.27 bits per heavy atom. The molecule has 0 aromatic carbocycles. The Morgan fingerprint density at radius 1 is 1.33 bits per heavy atom. The van der Waals surface area contributed by atoms with Gasteiger partial charge in [0.2, 0.25) is 0 Å². The Hall–Kier alpha value is -0.220. The number of hydrogen-bond acceptors (Lipinski definition) is 5. The van der Waals surface area contributed by atoms with E-state index in [2.05, 4.69) is 0 Å². The lowest BCUT2D eigenvalue weighted by molar-refractivity contribution is -0.109. The Balaban J connectivity index is 4.05. The van der Waals surface area contributed by atoms with Crippen molar-refractivity contribution in [2.45, 2.75) is 32.8 Å². The molecular weight excluding hydrogens is 219 g/mol. The molecule has 0 aliphatic heterocycles. The molecule has 5 nitrogen and oxygen atoms in total. The molecule has 0 spiro atoms. The second kappa shape index (κ2) is 7.99. The van der Waals surface area contributed by atoms with Crippen LogP contribution in [-0.2, 0) is 18.4 Å². The molecule has 0 bridgehead atoms. The lowest BCUT2D eigenvalue weighted by Gasteiger charge is -2.17. The predicted molar refractivity (Wildman–Crippen MR) is 57.0 cm³/mol. The van der Waals surface area contributed by atoms with Crippen molar-refractivity contribution in [3.05, 3.63) is 0 Å². The highest BCUT2D eigenvalue weighted by atomic mass is 31.2. The second-order valence-corrected chi connectivity index (χ2v) is 5.20. The average molecular weight is 238 g/mol. The van der Waals surface area contributed by atoms with Gasteiger partial charge < -0.3 is 18.9 Å². The molecule has 0 aromatic rings. The minimum atomic E-state index is -3.07. The molecule has 1 unspecified atom stereocenters. The van der Waals surface area contributed by atoms with E-state index >= 15 is 0 Å². The van der Waals surface area contributed by atoms with Crippen molar-refractivity contribution in [1.29, 1.82) is 0 Å². The van der Waals surface area contributed by atoms with Crippen LogP contribution in [0.3, 0.4) is 0 Å². The summed E-state index contributed by atoms with van der Waals surface area (Å²) in [4.78, 5) is 10.1. The van der Waals surface area contributed by atoms with Crippen LogP contribution in [0.4, 0.5) is 0 Å². The molecule has 0 saturated heterocycles. The van der Waals surface area contributed by atoms with Gasteiger partial charge in [0.15, 0.2) is 0 Å². The molecule has 15 heavy (non-hydrogen) atoms. The fourth-order valence-corrected chi connectivity index (χ4v) is 2.83. The fourth-order valence-electron chi connectivity index (χ4n) is 1.10. The third kappa shape index (κ3) is 6.79. The van der Waals surface area contributed by atoms with E-state index in [0.29, 0.717) is 19.5 Å². The molecule has 0 saturated carbocycles. The standard InChI is InChI=1S/C9H19O5P/c1-3-13-15(12,14-4-2)8-6-9(11)5-7-10/h7,9,11H,3-6,8H2,1-2H3. The topological polar surface area (TPSA) is 72.8 Å². The third-order valence-corrected chi connectivity index (χ3v) is 3.87. The summed E-state index contributed by atoms with van der Waals surface area (Å²) >= 11 is 0. The fraction of sp³-hybridized carbons (Fsp3) is 0.889. The van der Waals surface area contributed by atoms with Crippen LogP contribution in [0.1, 0.15) is 26.7 Å². The maximum absolute atomic E-state index is 11.9. The van der Waals surface area contributed by atoms with Gasteiger partial charge in [0, 0.05) is 6.42 Å². The first-order valence-corrected chi connectivity index (χ1v) is 6.80. The Labute approximate surface area is 90.3 Å². The largest absolute Gasteiger partial charge is 0.393 e. The highest BCUT2D eigenvalue weighted by Gasteiger charge is 2.24. The lowest BCUT2D eigenvalue weighted by atomic mass is 10.2. The van der Waals surface area contributed by atoms with Crippen LogP contribution in [0.15, 0.2) is 0 Å². The summed E-state index contributed by atoms with van der Waals surface area (Å²) in [5.41, 5.74) is 0. The number of hydrogen-bond donors (Lipinski definition) is 1. The lowest BCUT2D eigenvalue weighted by Crippen LogP contribution is -2.11. The van der Waals surface area contributed by atoms with Gasteiger partial charge in [0.25, 0.3) is 0 Å². The van der Waals surface area contributed by atoms with E-state index in [0.717, 1.165) is 0 Å². The molecule has 0 amide bonds. The Kier molecular flexibility index (Phi) is 7.88. The summed E-state index contributed by atoms with van der Waals surface area (Å²) in [6.45, 7) is 4.07. The van der Waals surface area contributed by atoms with Crippen LogP contribution < -0.4 is 0 Å². The third-order valence-electron chi connectivity index (χ3n) is 1.76. The van der Waals surface area contributed by atoms with E-state index in [9.17, 15) is 14.5 Å². The highest BCUT2D eigenvalue weighted by molar-refractivity contribution is 7.53. The molecular formula is C9H19O5P. The first kappa shape index (κ1) is 14.8. The number of aliphatic hydroxyl groups is 1. The number of aldehydes is 1.